The van der Waals surface area contributed by atoms with E-state index >= 15 is 0 Å². The summed E-state index contributed by atoms with van der Waals surface area (Å²) in [5.41, 5.74) is 1.66. The highest BCUT2D eigenvalue weighted by Gasteiger charge is 2.22. The topological polar surface area (TPSA) is 77.2 Å². The minimum absolute atomic E-state index is 0.134. The molecule has 1 aromatic heterocycles. The van der Waals surface area contributed by atoms with Crippen LogP contribution in [0.25, 0.3) is 11.4 Å². The molecule has 6 nitrogen and oxygen atoms in total. The number of esters is 1. The number of hydrogen-bond acceptors (Lipinski definition) is 6. The Kier molecular flexibility index (Phi) is 6.13. The second kappa shape index (κ2) is 8.73. The van der Waals surface area contributed by atoms with Crippen LogP contribution in [-0.2, 0) is 16.1 Å². The second-order valence-electron chi connectivity index (χ2n) is 5.91. The number of aromatic hydroxyl groups is 1. The van der Waals surface area contributed by atoms with Gasteiger partial charge in [0.2, 0.25) is 0 Å². The molecule has 2 aromatic carbocycles. The molecule has 0 aliphatic carbocycles. The quantitative estimate of drug-likeness (QED) is 0.495. The molecule has 3 rings (SSSR count). The lowest BCUT2D eigenvalue weighted by Crippen LogP contribution is -2.17. The zero-order chi connectivity index (χ0) is 19.2. The van der Waals surface area contributed by atoms with E-state index in [1.54, 1.807) is 32.0 Å². The van der Waals surface area contributed by atoms with Crippen molar-refractivity contribution in [3.8, 4) is 17.1 Å². The third kappa shape index (κ3) is 4.49. The zero-order valence-electron chi connectivity index (χ0n) is 15.2. The number of hydrogen-bond donors (Lipinski definition) is 1. The molecule has 0 bridgehead atoms. The second-order valence-corrected chi connectivity index (χ2v) is 7.22. The molecule has 0 aliphatic rings. The first-order chi connectivity index (χ1) is 13.1. The maximum Gasteiger partial charge on any atom is 0.319 e. The van der Waals surface area contributed by atoms with Crippen LogP contribution in [0.4, 0.5) is 0 Å². The molecule has 7 heteroatoms. The van der Waals surface area contributed by atoms with Gasteiger partial charge in [-0.3, -0.25) is 9.36 Å². The molecule has 1 unspecified atom stereocenters. The van der Waals surface area contributed by atoms with Gasteiger partial charge in [-0.15, -0.1) is 10.2 Å². The first-order valence-corrected chi connectivity index (χ1v) is 9.57. The Bertz CT molecular complexity index is 912. The molecule has 1 heterocycles. The van der Waals surface area contributed by atoms with Crippen molar-refractivity contribution in [1.82, 2.24) is 14.8 Å². The van der Waals surface area contributed by atoms with Crippen LogP contribution in [0.5, 0.6) is 5.75 Å². The first kappa shape index (κ1) is 19.0. The van der Waals surface area contributed by atoms with E-state index in [4.69, 9.17) is 4.74 Å². The highest BCUT2D eigenvalue weighted by atomic mass is 32.2. The van der Waals surface area contributed by atoms with Crippen molar-refractivity contribution < 1.29 is 14.6 Å². The molecule has 0 fully saturated rings. The third-order valence-electron chi connectivity index (χ3n) is 3.95. The summed E-state index contributed by atoms with van der Waals surface area (Å²) in [7, 11) is 0. The van der Waals surface area contributed by atoms with Crippen molar-refractivity contribution >= 4 is 17.7 Å². The standard InChI is InChI=1S/C20H21N3O3S/c1-3-26-19(25)14(2)27-20-22-21-18(16-11-7-8-12-17(16)24)23(20)13-15-9-5-4-6-10-15/h4-12,14,24H,3,13H2,1-2H3. The molecule has 140 valence electrons. The van der Waals surface area contributed by atoms with Crippen LogP contribution in [0.3, 0.4) is 0 Å². The molecular weight excluding hydrogens is 362 g/mol. The summed E-state index contributed by atoms with van der Waals surface area (Å²) < 4.78 is 6.99. The van der Waals surface area contributed by atoms with Crippen molar-refractivity contribution in [2.75, 3.05) is 6.61 Å². The van der Waals surface area contributed by atoms with Crippen LogP contribution in [0.2, 0.25) is 0 Å². The van der Waals surface area contributed by atoms with E-state index in [2.05, 4.69) is 10.2 Å². The maximum absolute atomic E-state index is 12.0. The minimum atomic E-state index is -0.416. The predicted octanol–water partition coefficient (Wildman–Crippen LogP) is 3.74. The van der Waals surface area contributed by atoms with Gasteiger partial charge in [0.15, 0.2) is 11.0 Å². The third-order valence-corrected chi connectivity index (χ3v) is 5.00. The van der Waals surface area contributed by atoms with Gasteiger partial charge in [0.25, 0.3) is 0 Å². The highest BCUT2D eigenvalue weighted by molar-refractivity contribution is 8.00. The Morgan fingerprint density at radius 3 is 2.56 bits per heavy atom. The van der Waals surface area contributed by atoms with Crippen molar-refractivity contribution in [3.05, 3.63) is 60.2 Å². The summed E-state index contributed by atoms with van der Waals surface area (Å²) in [5.74, 6) is 0.394. The largest absolute Gasteiger partial charge is 0.507 e. The number of phenolic OH excluding ortho intramolecular Hbond substituents is 1. The molecule has 1 N–H and O–H groups in total. The van der Waals surface area contributed by atoms with Gasteiger partial charge in [0.1, 0.15) is 11.0 Å². The molecule has 0 radical (unpaired) electrons. The number of phenols is 1. The summed E-state index contributed by atoms with van der Waals surface area (Å²) in [4.78, 5) is 12.0. The van der Waals surface area contributed by atoms with Gasteiger partial charge in [0.05, 0.1) is 18.7 Å². The molecule has 0 saturated carbocycles. The summed E-state index contributed by atoms with van der Waals surface area (Å²) in [5, 5.41) is 19.0. The van der Waals surface area contributed by atoms with Crippen LogP contribution in [0.15, 0.2) is 59.8 Å². The van der Waals surface area contributed by atoms with E-state index in [9.17, 15) is 9.90 Å². The van der Waals surface area contributed by atoms with Gasteiger partial charge in [-0.2, -0.15) is 0 Å². The summed E-state index contributed by atoms with van der Waals surface area (Å²) >= 11 is 1.29. The number of rotatable bonds is 7. The first-order valence-electron chi connectivity index (χ1n) is 8.69. The van der Waals surface area contributed by atoms with Gasteiger partial charge in [-0.25, -0.2) is 0 Å². The number of para-hydroxylation sites is 1. The lowest BCUT2D eigenvalue weighted by Gasteiger charge is -2.13. The molecule has 0 spiro atoms. The Labute approximate surface area is 162 Å². The van der Waals surface area contributed by atoms with Crippen molar-refractivity contribution in [2.45, 2.75) is 30.8 Å². The normalized spacial score (nSPS) is 11.9. The number of nitrogens with zero attached hydrogens (tertiary/aromatic N) is 3. The number of thioether (sulfide) groups is 1. The van der Waals surface area contributed by atoms with Crippen LogP contribution < -0.4 is 0 Å². The number of carbonyl (C=O) groups is 1. The number of ether oxygens (including phenoxy) is 1. The molecule has 3 aromatic rings. The molecular formula is C20H21N3O3S. The molecule has 1 atom stereocenters. The SMILES string of the molecule is CCOC(=O)C(C)Sc1nnc(-c2ccccc2O)n1Cc1ccccc1. The molecule has 0 aliphatic heterocycles. The van der Waals surface area contributed by atoms with Crippen molar-refractivity contribution in [2.24, 2.45) is 0 Å². The average molecular weight is 383 g/mol. The van der Waals surface area contributed by atoms with E-state index in [0.717, 1.165) is 5.56 Å². The van der Waals surface area contributed by atoms with Gasteiger partial charge in [-0.1, -0.05) is 54.2 Å². The lowest BCUT2D eigenvalue weighted by atomic mass is 10.1. The highest BCUT2D eigenvalue weighted by Crippen LogP contribution is 2.32. The van der Waals surface area contributed by atoms with Gasteiger partial charge in [-0.05, 0) is 31.5 Å². The van der Waals surface area contributed by atoms with E-state index in [0.29, 0.717) is 29.7 Å². The number of aromatic nitrogens is 3. The van der Waals surface area contributed by atoms with Crippen LogP contribution in [0, 0.1) is 0 Å². The zero-order valence-corrected chi connectivity index (χ0v) is 16.0. The number of carbonyl (C=O) groups excluding carboxylic acids is 1. The fraction of sp³-hybridized carbons (Fsp3) is 0.250. The average Bonchev–Trinajstić information content (AvgIpc) is 3.05. The molecule has 0 saturated heterocycles. The van der Waals surface area contributed by atoms with Crippen molar-refractivity contribution in [3.63, 3.8) is 0 Å². The lowest BCUT2D eigenvalue weighted by molar-refractivity contribution is -0.142. The van der Waals surface area contributed by atoms with Gasteiger partial charge < -0.3 is 9.84 Å². The fourth-order valence-electron chi connectivity index (χ4n) is 2.61. The van der Waals surface area contributed by atoms with Crippen LogP contribution >= 0.6 is 11.8 Å². The monoisotopic (exact) mass is 383 g/mol. The number of benzene rings is 2. The molecule has 0 amide bonds. The smallest absolute Gasteiger partial charge is 0.319 e. The van der Waals surface area contributed by atoms with E-state index in [-0.39, 0.29) is 11.7 Å². The van der Waals surface area contributed by atoms with Gasteiger partial charge >= 0.3 is 5.97 Å². The van der Waals surface area contributed by atoms with E-state index in [1.165, 1.54) is 11.8 Å². The summed E-state index contributed by atoms with van der Waals surface area (Å²) in [6.45, 7) is 4.42. The predicted molar refractivity (Wildman–Crippen MR) is 105 cm³/mol. The fourth-order valence-corrected chi connectivity index (χ4v) is 3.46. The Morgan fingerprint density at radius 1 is 1.15 bits per heavy atom. The maximum atomic E-state index is 12.0. The van der Waals surface area contributed by atoms with Crippen LogP contribution in [0.1, 0.15) is 19.4 Å². The van der Waals surface area contributed by atoms with Crippen LogP contribution in [-0.4, -0.2) is 37.7 Å². The Balaban J connectivity index is 1.98. The Morgan fingerprint density at radius 2 is 1.85 bits per heavy atom. The summed E-state index contributed by atoms with van der Waals surface area (Å²) in [6.07, 6.45) is 0. The van der Waals surface area contributed by atoms with E-state index in [1.807, 2.05) is 41.0 Å². The van der Waals surface area contributed by atoms with Crippen molar-refractivity contribution in [1.29, 1.82) is 0 Å². The summed E-state index contributed by atoms with van der Waals surface area (Å²) in [6, 6.07) is 16.9. The molecule has 27 heavy (non-hydrogen) atoms. The van der Waals surface area contributed by atoms with E-state index < -0.39 is 5.25 Å². The minimum Gasteiger partial charge on any atom is -0.507 e. The van der Waals surface area contributed by atoms with Gasteiger partial charge in [0, 0.05) is 0 Å². The Hall–Kier alpha value is -2.80.